The molecule has 0 radical (unpaired) electrons. The van der Waals surface area contributed by atoms with Crippen LogP contribution in [0.4, 0.5) is 0 Å². The summed E-state index contributed by atoms with van der Waals surface area (Å²) in [5.74, 6) is 2.30. The van der Waals surface area contributed by atoms with Gasteiger partial charge in [-0.05, 0) is 69.8 Å². The van der Waals surface area contributed by atoms with Crippen LogP contribution in [0.5, 0.6) is 11.5 Å². The summed E-state index contributed by atoms with van der Waals surface area (Å²) in [6.45, 7) is 9.10. The van der Waals surface area contributed by atoms with Crippen LogP contribution in [0.2, 0.25) is 0 Å². The largest absolute Gasteiger partial charge is 0.493 e. The molecule has 1 aromatic rings. The van der Waals surface area contributed by atoms with Crippen LogP contribution in [0.15, 0.2) is 18.2 Å². The van der Waals surface area contributed by atoms with Crippen molar-refractivity contribution in [2.24, 2.45) is 11.8 Å². The second-order valence-corrected chi connectivity index (χ2v) is 8.97. The van der Waals surface area contributed by atoms with E-state index in [1.165, 1.54) is 12.8 Å². The van der Waals surface area contributed by atoms with Crippen LogP contribution in [-0.2, 0) is 4.74 Å². The van der Waals surface area contributed by atoms with Crippen LogP contribution in [0.25, 0.3) is 0 Å². The van der Waals surface area contributed by atoms with Crippen molar-refractivity contribution in [3.63, 3.8) is 0 Å². The monoisotopic (exact) mass is 433 g/mol. The van der Waals surface area contributed by atoms with Gasteiger partial charge < -0.3 is 29.7 Å². The van der Waals surface area contributed by atoms with Gasteiger partial charge in [0.25, 0.3) is 5.91 Å². The smallest absolute Gasteiger partial charge is 0.254 e. The third-order valence-electron chi connectivity index (χ3n) is 6.20. The van der Waals surface area contributed by atoms with Crippen molar-refractivity contribution in [2.45, 2.75) is 45.2 Å². The van der Waals surface area contributed by atoms with Gasteiger partial charge in [0.15, 0.2) is 11.5 Å². The van der Waals surface area contributed by atoms with Gasteiger partial charge in [-0.15, -0.1) is 0 Å². The van der Waals surface area contributed by atoms with E-state index >= 15 is 0 Å². The molecular weight excluding hydrogens is 394 g/mol. The van der Waals surface area contributed by atoms with Crippen LogP contribution >= 0.6 is 0 Å². The van der Waals surface area contributed by atoms with E-state index in [1.54, 1.807) is 14.2 Å². The van der Waals surface area contributed by atoms with Crippen molar-refractivity contribution in [1.82, 2.24) is 15.5 Å². The highest BCUT2D eigenvalue weighted by Crippen LogP contribution is 2.30. The average molecular weight is 434 g/mol. The second-order valence-electron chi connectivity index (χ2n) is 8.97. The highest BCUT2D eigenvalue weighted by atomic mass is 16.5. The number of carbonyl (C=O) groups excluding carboxylic acids is 1. The molecule has 1 aromatic carbocycles. The summed E-state index contributed by atoms with van der Waals surface area (Å²) in [4.78, 5) is 15.5. The van der Waals surface area contributed by atoms with E-state index in [0.717, 1.165) is 32.6 Å². The lowest BCUT2D eigenvalue weighted by atomic mass is 9.94. The van der Waals surface area contributed by atoms with E-state index in [2.05, 4.69) is 24.5 Å². The highest BCUT2D eigenvalue weighted by Gasteiger charge is 2.33. The van der Waals surface area contributed by atoms with E-state index in [9.17, 15) is 4.79 Å². The molecule has 1 saturated heterocycles. The summed E-state index contributed by atoms with van der Waals surface area (Å²) in [6.07, 6.45) is 3.38. The molecule has 31 heavy (non-hydrogen) atoms. The van der Waals surface area contributed by atoms with E-state index in [0.29, 0.717) is 48.2 Å². The number of rotatable bonds is 13. The normalized spacial score (nSPS) is 20.8. The van der Waals surface area contributed by atoms with Crippen LogP contribution in [-0.4, -0.2) is 76.5 Å². The van der Waals surface area contributed by atoms with Crippen LogP contribution in [0.1, 0.15) is 43.5 Å². The van der Waals surface area contributed by atoms with Crippen molar-refractivity contribution >= 4 is 5.91 Å². The van der Waals surface area contributed by atoms with E-state index in [-0.39, 0.29) is 11.9 Å². The zero-order chi connectivity index (χ0) is 22.2. The van der Waals surface area contributed by atoms with Crippen molar-refractivity contribution in [3.05, 3.63) is 23.8 Å². The molecule has 1 saturated carbocycles. The fraction of sp³-hybridized carbons (Fsp3) is 0.708. The first kappa shape index (κ1) is 23.8. The van der Waals surface area contributed by atoms with Crippen LogP contribution < -0.4 is 20.1 Å². The molecule has 2 N–H and O–H groups in total. The zero-order valence-corrected chi connectivity index (χ0v) is 19.5. The number of methoxy groups -OCH3 is 2. The zero-order valence-electron chi connectivity index (χ0n) is 19.5. The molecule has 1 amide bonds. The number of benzene rings is 1. The molecule has 1 heterocycles. The standard InChI is InChI=1S/C24H39N3O4/c1-17(2)27(16-20-14-25-13-19(20)15-26-21-7-8-21)24(28)18-6-9-22(30-4)23(12-18)31-11-5-10-29-3/h6,9,12,17,19-21,25-26H,5,7-8,10-11,13-16H2,1-4H3/t19-,20+/m1/s1. The predicted molar refractivity (Wildman–Crippen MR) is 122 cm³/mol. The Morgan fingerprint density at radius 1 is 1.16 bits per heavy atom. The molecule has 3 rings (SSSR count). The molecule has 7 heteroatoms. The average Bonchev–Trinajstić information content (AvgIpc) is 3.50. The number of nitrogens with zero attached hydrogens (tertiary/aromatic N) is 1. The summed E-state index contributed by atoms with van der Waals surface area (Å²) in [7, 11) is 3.29. The van der Waals surface area contributed by atoms with Crippen molar-refractivity contribution < 1.29 is 19.0 Å². The topological polar surface area (TPSA) is 72.1 Å². The Hall–Kier alpha value is -1.83. The lowest BCUT2D eigenvalue weighted by molar-refractivity contribution is 0.0661. The van der Waals surface area contributed by atoms with Crippen molar-refractivity contribution in [2.75, 3.05) is 53.6 Å². The number of carbonyl (C=O) groups is 1. The maximum Gasteiger partial charge on any atom is 0.254 e. The first-order chi connectivity index (χ1) is 15.0. The fourth-order valence-electron chi connectivity index (χ4n) is 4.10. The Morgan fingerprint density at radius 2 is 1.94 bits per heavy atom. The fourth-order valence-corrected chi connectivity index (χ4v) is 4.10. The molecule has 0 bridgehead atoms. The minimum atomic E-state index is 0.0418. The molecule has 0 aromatic heterocycles. The summed E-state index contributed by atoms with van der Waals surface area (Å²) in [6, 6.07) is 6.29. The Morgan fingerprint density at radius 3 is 2.61 bits per heavy atom. The van der Waals surface area contributed by atoms with Gasteiger partial charge in [-0.2, -0.15) is 0 Å². The number of ether oxygens (including phenoxy) is 3. The molecule has 7 nitrogen and oxygen atoms in total. The van der Waals surface area contributed by atoms with Gasteiger partial charge in [0.1, 0.15) is 0 Å². The summed E-state index contributed by atoms with van der Waals surface area (Å²) in [5.41, 5.74) is 0.634. The Bertz CT molecular complexity index is 708. The number of amides is 1. The van der Waals surface area contributed by atoms with Gasteiger partial charge in [0.05, 0.1) is 13.7 Å². The van der Waals surface area contributed by atoms with E-state index in [1.807, 2.05) is 23.1 Å². The van der Waals surface area contributed by atoms with Crippen molar-refractivity contribution in [3.8, 4) is 11.5 Å². The number of hydrogen-bond donors (Lipinski definition) is 2. The van der Waals surface area contributed by atoms with E-state index in [4.69, 9.17) is 14.2 Å². The van der Waals surface area contributed by atoms with E-state index < -0.39 is 0 Å². The molecule has 2 atom stereocenters. The van der Waals surface area contributed by atoms with Gasteiger partial charge in [-0.25, -0.2) is 0 Å². The van der Waals surface area contributed by atoms with Gasteiger partial charge in [-0.3, -0.25) is 4.79 Å². The molecule has 0 spiro atoms. The second kappa shape index (κ2) is 11.7. The van der Waals surface area contributed by atoms with Gasteiger partial charge in [-0.1, -0.05) is 0 Å². The SMILES string of the molecule is COCCCOc1cc(C(=O)N(C[C@@H]2CNC[C@@H]2CNC2CC2)C(C)C)ccc1OC. The Balaban J connectivity index is 1.66. The summed E-state index contributed by atoms with van der Waals surface area (Å²) >= 11 is 0. The summed E-state index contributed by atoms with van der Waals surface area (Å²) < 4.78 is 16.4. The molecular formula is C24H39N3O4. The third kappa shape index (κ3) is 6.82. The molecule has 0 unspecified atom stereocenters. The minimum absolute atomic E-state index is 0.0418. The summed E-state index contributed by atoms with van der Waals surface area (Å²) in [5, 5.41) is 7.18. The van der Waals surface area contributed by atoms with Crippen LogP contribution in [0, 0.1) is 11.8 Å². The number of nitrogens with one attached hydrogen (secondary N) is 2. The molecule has 2 fully saturated rings. The van der Waals surface area contributed by atoms with Crippen molar-refractivity contribution in [1.29, 1.82) is 0 Å². The molecule has 1 aliphatic carbocycles. The Labute approximate surface area is 186 Å². The lowest BCUT2D eigenvalue weighted by Crippen LogP contribution is -2.43. The number of hydrogen-bond acceptors (Lipinski definition) is 6. The third-order valence-corrected chi connectivity index (χ3v) is 6.20. The minimum Gasteiger partial charge on any atom is -0.493 e. The quantitative estimate of drug-likeness (QED) is 0.466. The van der Waals surface area contributed by atoms with Crippen LogP contribution in [0.3, 0.4) is 0 Å². The molecule has 174 valence electrons. The first-order valence-electron chi connectivity index (χ1n) is 11.6. The predicted octanol–water partition coefficient (Wildman–Crippen LogP) is 2.55. The van der Waals surface area contributed by atoms with Gasteiger partial charge in [0.2, 0.25) is 0 Å². The first-order valence-corrected chi connectivity index (χ1v) is 11.6. The highest BCUT2D eigenvalue weighted by molar-refractivity contribution is 5.95. The molecule has 2 aliphatic rings. The van der Waals surface area contributed by atoms with Gasteiger partial charge in [0, 0.05) is 50.9 Å². The lowest BCUT2D eigenvalue weighted by Gasteiger charge is -2.32. The maximum atomic E-state index is 13.5. The Kier molecular flexibility index (Phi) is 8.99. The van der Waals surface area contributed by atoms with Gasteiger partial charge >= 0.3 is 0 Å². The maximum absolute atomic E-state index is 13.5. The molecule has 1 aliphatic heterocycles.